The van der Waals surface area contributed by atoms with Gasteiger partial charge in [-0.2, -0.15) is 0 Å². The van der Waals surface area contributed by atoms with Crippen molar-refractivity contribution in [3.05, 3.63) is 35.4 Å². The zero-order valence-electron chi connectivity index (χ0n) is 11.2. The van der Waals surface area contributed by atoms with E-state index in [1.807, 2.05) is 38.1 Å². The number of aliphatic hydroxyl groups is 1. The molecule has 3 atom stereocenters. The molecular formula is C14H21ClN2O2. The maximum Gasteiger partial charge on any atom is 0.237 e. The molecule has 5 heteroatoms. The van der Waals surface area contributed by atoms with Crippen LogP contribution in [0.5, 0.6) is 0 Å². The SMILES string of the molecule is CC(C)[C@H](N)C(=O)N[C@H]1c2ccccc2C[C@H]1O.Cl. The first-order valence-corrected chi connectivity index (χ1v) is 6.32. The summed E-state index contributed by atoms with van der Waals surface area (Å²) in [5.41, 5.74) is 7.90. The van der Waals surface area contributed by atoms with Gasteiger partial charge in [-0.1, -0.05) is 38.1 Å². The first-order chi connectivity index (χ1) is 8.50. The first kappa shape index (κ1) is 16.0. The lowest BCUT2D eigenvalue weighted by Crippen LogP contribution is -2.46. The average molecular weight is 285 g/mol. The molecule has 0 spiro atoms. The molecule has 0 saturated heterocycles. The molecule has 1 aromatic carbocycles. The molecular weight excluding hydrogens is 264 g/mol. The van der Waals surface area contributed by atoms with E-state index in [0.29, 0.717) is 6.42 Å². The summed E-state index contributed by atoms with van der Waals surface area (Å²) in [6.07, 6.45) is 0.0172. The van der Waals surface area contributed by atoms with E-state index in [-0.39, 0.29) is 30.3 Å². The molecule has 0 bridgehead atoms. The quantitative estimate of drug-likeness (QED) is 0.780. The normalized spacial score (nSPS) is 22.6. The molecule has 0 unspecified atom stereocenters. The van der Waals surface area contributed by atoms with Gasteiger partial charge >= 0.3 is 0 Å². The number of nitrogens with one attached hydrogen (secondary N) is 1. The molecule has 4 N–H and O–H groups in total. The summed E-state index contributed by atoms with van der Waals surface area (Å²) in [5, 5.41) is 12.9. The van der Waals surface area contributed by atoms with Crippen molar-refractivity contribution in [3.63, 3.8) is 0 Å². The molecule has 4 nitrogen and oxygen atoms in total. The van der Waals surface area contributed by atoms with Crippen molar-refractivity contribution in [1.82, 2.24) is 5.32 Å². The number of halogens is 1. The topological polar surface area (TPSA) is 75.4 Å². The Bertz CT molecular complexity index is 451. The minimum absolute atomic E-state index is 0. The van der Waals surface area contributed by atoms with Crippen molar-refractivity contribution < 1.29 is 9.90 Å². The highest BCUT2D eigenvalue weighted by atomic mass is 35.5. The van der Waals surface area contributed by atoms with Crippen molar-refractivity contribution in [2.45, 2.75) is 38.5 Å². The van der Waals surface area contributed by atoms with Gasteiger partial charge in [-0.05, 0) is 17.0 Å². The third kappa shape index (κ3) is 3.26. The molecule has 0 heterocycles. The maximum absolute atomic E-state index is 11.9. The van der Waals surface area contributed by atoms with E-state index in [1.165, 1.54) is 0 Å². The summed E-state index contributed by atoms with van der Waals surface area (Å²) in [5.74, 6) is -0.121. The van der Waals surface area contributed by atoms with Crippen LogP contribution in [0.1, 0.15) is 31.0 Å². The Kier molecular flexibility index (Phi) is 5.35. The van der Waals surface area contributed by atoms with E-state index >= 15 is 0 Å². The van der Waals surface area contributed by atoms with Crippen LogP contribution < -0.4 is 11.1 Å². The zero-order valence-corrected chi connectivity index (χ0v) is 12.0. The van der Waals surface area contributed by atoms with Crippen LogP contribution in [-0.4, -0.2) is 23.2 Å². The fraction of sp³-hybridized carbons (Fsp3) is 0.500. The second-order valence-corrected chi connectivity index (χ2v) is 5.23. The van der Waals surface area contributed by atoms with Crippen molar-refractivity contribution in [2.24, 2.45) is 11.7 Å². The highest BCUT2D eigenvalue weighted by molar-refractivity contribution is 5.85. The van der Waals surface area contributed by atoms with E-state index < -0.39 is 12.1 Å². The second kappa shape index (κ2) is 6.37. The maximum atomic E-state index is 11.9. The van der Waals surface area contributed by atoms with E-state index in [4.69, 9.17) is 5.73 Å². The molecule has 19 heavy (non-hydrogen) atoms. The Morgan fingerprint density at radius 2 is 2.05 bits per heavy atom. The summed E-state index contributed by atoms with van der Waals surface area (Å²) in [4.78, 5) is 11.9. The van der Waals surface area contributed by atoms with Gasteiger partial charge in [-0.15, -0.1) is 12.4 Å². The summed E-state index contributed by atoms with van der Waals surface area (Å²) < 4.78 is 0. The predicted octanol–water partition coefficient (Wildman–Crippen LogP) is 1.17. The minimum Gasteiger partial charge on any atom is -0.390 e. The van der Waals surface area contributed by atoms with Crippen LogP contribution in [-0.2, 0) is 11.2 Å². The second-order valence-electron chi connectivity index (χ2n) is 5.23. The van der Waals surface area contributed by atoms with Crippen LogP contribution >= 0.6 is 12.4 Å². The molecule has 0 aliphatic heterocycles. The van der Waals surface area contributed by atoms with Gasteiger partial charge < -0.3 is 16.2 Å². The number of benzene rings is 1. The Labute approximate surface area is 119 Å². The van der Waals surface area contributed by atoms with Crippen molar-refractivity contribution in [2.75, 3.05) is 0 Å². The minimum atomic E-state index is -0.564. The molecule has 0 radical (unpaired) electrons. The van der Waals surface area contributed by atoms with Crippen LogP contribution in [0.2, 0.25) is 0 Å². The largest absolute Gasteiger partial charge is 0.390 e. The van der Waals surface area contributed by atoms with E-state index in [9.17, 15) is 9.90 Å². The lowest BCUT2D eigenvalue weighted by atomic mass is 10.0. The molecule has 1 aliphatic carbocycles. The van der Waals surface area contributed by atoms with Crippen molar-refractivity contribution >= 4 is 18.3 Å². The van der Waals surface area contributed by atoms with Gasteiger partial charge in [0.1, 0.15) is 0 Å². The number of rotatable bonds is 3. The van der Waals surface area contributed by atoms with Gasteiger partial charge in [0.05, 0.1) is 18.2 Å². The standard InChI is InChI=1S/C14H20N2O2.ClH/c1-8(2)12(15)14(18)16-13-10-6-4-3-5-9(10)7-11(13)17;/h3-6,8,11-13,17H,7,15H2,1-2H3,(H,16,18);1H/t11-,12+,13+;/m1./s1. The fourth-order valence-electron chi connectivity index (χ4n) is 2.30. The number of nitrogens with two attached hydrogens (primary N) is 1. The molecule has 2 rings (SSSR count). The number of hydrogen-bond donors (Lipinski definition) is 3. The number of carbonyl (C=O) groups excluding carboxylic acids is 1. The van der Waals surface area contributed by atoms with E-state index in [0.717, 1.165) is 11.1 Å². The number of aliphatic hydroxyl groups excluding tert-OH is 1. The zero-order chi connectivity index (χ0) is 13.3. The third-order valence-corrected chi connectivity index (χ3v) is 3.52. The highest BCUT2D eigenvalue weighted by Crippen LogP contribution is 2.31. The molecule has 0 saturated carbocycles. The number of carbonyl (C=O) groups is 1. The van der Waals surface area contributed by atoms with Crippen LogP contribution in [0.3, 0.4) is 0 Å². The Morgan fingerprint density at radius 1 is 1.42 bits per heavy atom. The van der Waals surface area contributed by atoms with Gasteiger partial charge in [-0.25, -0.2) is 0 Å². The highest BCUT2D eigenvalue weighted by Gasteiger charge is 2.33. The summed E-state index contributed by atoms with van der Waals surface area (Å²) >= 11 is 0. The van der Waals surface area contributed by atoms with Crippen LogP contribution in [0.15, 0.2) is 24.3 Å². The van der Waals surface area contributed by atoms with Crippen LogP contribution in [0.4, 0.5) is 0 Å². The Balaban J connectivity index is 0.00000180. The van der Waals surface area contributed by atoms with Gasteiger partial charge in [-0.3, -0.25) is 4.79 Å². The van der Waals surface area contributed by atoms with Gasteiger partial charge in [0.2, 0.25) is 5.91 Å². The molecule has 1 amide bonds. The number of hydrogen-bond acceptors (Lipinski definition) is 3. The summed E-state index contributed by atoms with van der Waals surface area (Å²) in [6.45, 7) is 3.81. The molecule has 106 valence electrons. The summed E-state index contributed by atoms with van der Waals surface area (Å²) in [7, 11) is 0. The van der Waals surface area contributed by atoms with Crippen LogP contribution in [0, 0.1) is 5.92 Å². The van der Waals surface area contributed by atoms with E-state index in [1.54, 1.807) is 0 Å². The van der Waals surface area contributed by atoms with Gasteiger partial charge in [0, 0.05) is 6.42 Å². The van der Waals surface area contributed by atoms with Crippen LogP contribution in [0.25, 0.3) is 0 Å². The third-order valence-electron chi connectivity index (χ3n) is 3.52. The Morgan fingerprint density at radius 3 is 2.68 bits per heavy atom. The average Bonchev–Trinajstić information content (AvgIpc) is 2.65. The predicted molar refractivity (Wildman–Crippen MR) is 77.1 cm³/mol. The van der Waals surface area contributed by atoms with E-state index in [2.05, 4.69) is 5.32 Å². The molecule has 1 aliphatic rings. The van der Waals surface area contributed by atoms with Gasteiger partial charge in [0.25, 0.3) is 0 Å². The Hall–Kier alpha value is -1.10. The number of amides is 1. The molecule has 0 fully saturated rings. The monoisotopic (exact) mass is 284 g/mol. The lowest BCUT2D eigenvalue weighted by Gasteiger charge is -2.22. The first-order valence-electron chi connectivity index (χ1n) is 6.32. The van der Waals surface area contributed by atoms with Crippen molar-refractivity contribution in [3.8, 4) is 0 Å². The number of fused-ring (bicyclic) bond motifs is 1. The van der Waals surface area contributed by atoms with Gasteiger partial charge in [0.15, 0.2) is 0 Å². The molecule has 1 aromatic rings. The lowest BCUT2D eigenvalue weighted by molar-refractivity contribution is -0.124. The fourth-order valence-corrected chi connectivity index (χ4v) is 2.30. The smallest absolute Gasteiger partial charge is 0.237 e. The molecule has 0 aromatic heterocycles. The summed E-state index contributed by atoms with van der Waals surface area (Å²) in [6, 6.07) is 6.90. The van der Waals surface area contributed by atoms with Crippen molar-refractivity contribution in [1.29, 1.82) is 0 Å².